The zero-order chi connectivity index (χ0) is 20.5. The third-order valence-corrected chi connectivity index (χ3v) is 8.20. The van der Waals surface area contributed by atoms with E-state index in [1.807, 2.05) is 13.8 Å². The van der Waals surface area contributed by atoms with Crippen molar-refractivity contribution in [3.63, 3.8) is 0 Å². The van der Waals surface area contributed by atoms with E-state index in [-0.39, 0.29) is 15.5 Å². The fourth-order valence-corrected chi connectivity index (χ4v) is 6.34. The molecule has 0 aromatic heterocycles. The van der Waals surface area contributed by atoms with Crippen molar-refractivity contribution in [1.82, 2.24) is 4.31 Å². The van der Waals surface area contributed by atoms with Crippen LogP contribution in [0.5, 0.6) is 0 Å². The fraction of sp³-hybridized carbons (Fsp3) is 0.368. The summed E-state index contributed by atoms with van der Waals surface area (Å²) in [5.41, 5.74) is 0.286. The molecule has 0 aliphatic carbocycles. The maximum Gasteiger partial charge on any atom is 0.261 e. The molecule has 3 rings (SSSR count). The van der Waals surface area contributed by atoms with Crippen LogP contribution in [-0.4, -0.2) is 34.2 Å². The number of hydrogen-bond acceptors (Lipinski definition) is 4. The van der Waals surface area contributed by atoms with E-state index in [0.717, 1.165) is 6.42 Å². The van der Waals surface area contributed by atoms with Crippen molar-refractivity contribution in [2.75, 3.05) is 17.8 Å². The van der Waals surface area contributed by atoms with Crippen LogP contribution in [0.15, 0.2) is 58.3 Å². The van der Waals surface area contributed by atoms with Gasteiger partial charge in [0.25, 0.3) is 10.0 Å². The summed E-state index contributed by atoms with van der Waals surface area (Å²) in [6.07, 6.45) is 1.01. The lowest BCUT2D eigenvalue weighted by molar-refractivity contribution is 0.222. The van der Waals surface area contributed by atoms with Crippen molar-refractivity contribution in [2.45, 2.75) is 30.1 Å². The number of halogens is 1. The molecule has 1 heterocycles. The molecule has 152 valence electrons. The van der Waals surface area contributed by atoms with Crippen molar-refractivity contribution in [3.05, 3.63) is 53.6 Å². The van der Waals surface area contributed by atoms with Gasteiger partial charge in [0.05, 0.1) is 9.79 Å². The molecule has 6 nitrogen and oxygen atoms in total. The number of piperidine rings is 1. The summed E-state index contributed by atoms with van der Waals surface area (Å²) in [7, 11) is -7.39. The van der Waals surface area contributed by atoms with E-state index in [4.69, 9.17) is 11.6 Å². The van der Waals surface area contributed by atoms with Crippen molar-refractivity contribution in [3.8, 4) is 0 Å². The van der Waals surface area contributed by atoms with E-state index in [2.05, 4.69) is 4.72 Å². The van der Waals surface area contributed by atoms with E-state index in [1.165, 1.54) is 52.8 Å². The molecular weight excluding hydrogens is 420 g/mol. The van der Waals surface area contributed by atoms with Crippen LogP contribution in [-0.2, 0) is 20.0 Å². The highest BCUT2D eigenvalue weighted by Crippen LogP contribution is 2.27. The average Bonchev–Trinajstić information content (AvgIpc) is 2.61. The Bertz CT molecular complexity index is 1030. The van der Waals surface area contributed by atoms with Gasteiger partial charge in [-0.3, -0.25) is 4.72 Å². The van der Waals surface area contributed by atoms with E-state index >= 15 is 0 Å². The smallest absolute Gasteiger partial charge is 0.261 e. The van der Waals surface area contributed by atoms with E-state index in [1.54, 1.807) is 0 Å². The second-order valence-corrected chi connectivity index (χ2v) is 11.4. The molecule has 1 aliphatic heterocycles. The normalized spacial score (nSPS) is 21.4. The van der Waals surface area contributed by atoms with Crippen LogP contribution in [0.3, 0.4) is 0 Å². The second kappa shape index (κ2) is 8.02. The molecule has 1 N–H and O–H groups in total. The highest BCUT2D eigenvalue weighted by Gasteiger charge is 2.31. The summed E-state index contributed by atoms with van der Waals surface area (Å²) < 4.78 is 54.6. The molecule has 1 fully saturated rings. The van der Waals surface area contributed by atoms with E-state index < -0.39 is 20.0 Å². The number of rotatable bonds is 5. The number of benzene rings is 2. The molecule has 0 spiro atoms. The van der Waals surface area contributed by atoms with E-state index in [0.29, 0.717) is 29.9 Å². The lowest BCUT2D eigenvalue weighted by Crippen LogP contribution is -2.42. The topological polar surface area (TPSA) is 83.6 Å². The molecule has 0 saturated carbocycles. The quantitative estimate of drug-likeness (QED) is 0.763. The third-order valence-electron chi connectivity index (χ3n) is 4.70. The lowest BCUT2D eigenvalue weighted by Gasteiger charge is -2.34. The SMILES string of the molecule is CC1CC(C)CN(S(=O)(=O)c2ccc(NS(=O)(=O)c3ccc(Cl)cc3)cc2)C1. The molecule has 2 unspecified atom stereocenters. The van der Waals surface area contributed by atoms with Gasteiger partial charge in [0.1, 0.15) is 0 Å². The summed E-state index contributed by atoms with van der Waals surface area (Å²) >= 11 is 5.79. The van der Waals surface area contributed by atoms with Crippen LogP contribution < -0.4 is 4.72 Å². The molecule has 2 aromatic carbocycles. The lowest BCUT2D eigenvalue weighted by atomic mass is 9.94. The Balaban J connectivity index is 1.78. The third kappa shape index (κ3) is 4.68. The Morgan fingerprint density at radius 2 is 1.36 bits per heavy atom. The first-order valence-corrected chi connectivity index (χ1v) is 12.3. The number of sulfonamides is 2. The largest absolute Gasteiger partial charge is 0.280 e. The predicted octanol–water partition coefficient (Wildman–Crippen LogP) is 3.81. The molecule has 28 heavy (non-hydrogen) atoms. The van der Waals surface area contributed by atoms with Crippen molar-refractivity contribution in [1.29, 1.82) is 0 Å². The first-order chi connectivity index (χ1) is 13.1. The second-order valence-electron chi connectivity index (χ2n) is 7.35. The van der Waals surface area contributed by atoms with Gasteiger partial charge in [-0.1, -0.05) is 25.4 Å². The average molecular weight is 443 g/mol. The Hall–Kier alpha value is -1.61. The number of hydrogen-bond donors (Lipinski definition) is 1. The number of nitrogens with one attached hydrogen (secondary N) is 1. The first-order valence-electron chi connectivity index (χ1n) is 8.96. The summed E-state index contributed by atoms with van der Waals surface area (Å²) in [6.45, 7) is 5.09. The van der Waals surface area contributed by atoms with Gasteiger partial charge < -0.3 is 0 Å². The summed E-state index contributed by atoms with van der Waals surface area (Å²) in [5.74, 6) is 0.618. The van der Waals surface area contributed by atoms with Crippen LogP contribution in [0.25, 0.3) is 0 Å². The maximum absolute atomic E-state index is 12.9. The summed E-state index contributed by atoms with van der Waals surface area (Å²) in [5, 5.41) is 0.440. The van der Waals surface area contributed by atoms with Crippen molar-refractivity contribution in [2.24, 2.45) is 11.8 Å². The zero-order valence-corrected chi connectivity index (χ0v) is 18.1. The molecule has 0 amide bonds. The van der Waals surface area contributed by atoms with Gasteiger partial charge in [-0.05, 0) is 66.8 Å². The minimum atomic E-state index is -3.78. The van der Waals surface area contributed by atoms with Crippen LogP contribution >= 0.6 is 11.6 Å². The summed E-state index contributed by atoms with van der Waals surface area (Å²) in [6, 6.07) is 11.6. The van der Waals surface area contributed by atoms with Crippen LogP contribution in [0, 0.1) is 11.8 Å². The van der Waals surface area contributed by atoms with Gasteiger partial charge >= 0.3 is 0 Å². The van der Waals surface area contributed by atoms with Crippen LogP contribution in [0.1, 0.15) is 20.3 Å². The van der Waals surface area contributed by atoms with Gasteiger partial charge in [-0.25, -0.2) is 16.8 Å². The van der Waals surface area contributed by atoms with Gasteiger partial charge in [0.2, 0.25) is 10.0 Å². The molecule has 9 heteroatoms. The summed E-state index contributed by atoms with van der Waals surface area (Å²) in [4.78, 5) is 0.230. The molecule has 1 aliphatic rings. The van der Waals surface area contributed by atoms with E-state index in [9.17, 15) is 16.8 Å². The standard InChI is InChI=1S/C19H23ClN2O4S2/c1-14-11-15(2)13-22(12-14)28(25,26)19-9-5-17(6-10-19)21-27(23,24)18-7-3-16(20)4-8-18/h3-10,14-15,21H,11-13H2,1-2H3. The molecule has 2 atom stereocenters. The fourth-order valence-electron chi connectivity index (χ4n) is 3.47. The number of anilines is 1. The monoisotopic (exact) mass is 442 g/mol. The molecular formula is C19H23ClN2O4S2. The molecule has 0 radical (unpaired) electrons. The molecule has 0 bridgehead atoms. The molecule has 1 saturated heterocycles. The Morgan fingerprint density at radius 1 is 0.857 bits per heavy atom. The molecule has 2 aromatic rings. The Kier molecular flexibility index (Phi) is 6.05. The van der Waals surface area contributed by atoms with Gasteiger partial charge in [0.15, 0.2) is 0 Å². The van der Waals surface area contributed by atoms with Crippen molar-refractivity contribution < 1.29 is 16.8 Å². The Morgan fingerprint density at radius 3 is 1.89 bits per heavy atom. The zero-order valence-electron chi connectivity index (χ0n) is 15.7. The first kappa shape index (κ1) is 21.1. The highest BCUT2D eigenvalue weighted by molar-refractivity contribution is 7.92. The van der Waals surface area contributed by atoms with Gasteiger partial charge in [0, 0.05) is 23.8 Å². The van der Waals surface area contributed by atoms with Gasteiger partial charge in [-0.2, -0.15) is 4.31 Å². The van der Waals surface area contributed by atoms with Gasteiger partial charge in [-0.15, -0.1) is 0 Å². The van der Waals surface area contributed by atoms with Crippen LogP contribution in [0.2, 0.25) is 5.02 Å². The minimum absolute atomic E-state index is 0.0740. The highest BCUT2D eigenvalue weighted by atomic mass is 35.5. The van der Waals surface area contributed by atoms with Crippen molar-refractivity contribution >= 4 is 37.3 Å². The number of nitrogens with zero attached hydrogens (tertiary/aromatic N) is 1. The van der Waals surface area contributed by atoms with Crippen LogP contribution in [0.4, 0.5) is 5.69 Å². The predicted molar refractivity (Wildman–Crippen MR) is 110 cm³/mol. The minimum Gasteiger partial charge on any atom is -0.280 e. The maximum atomic E-state index is 12.9. The Labute approximate surface area is 171 Å².